The van der Waals surface area contributed by atoms with E-state index >= 15 is 17.6 Å². The molecule has 0 radical (unpaired) electrons. The van der Waals surface area contributed by atoms with Crippen LogP contribution >= 0.6 is 0 Å². The van der Waals surface area contributed by atoms with Crippen LogP contribution in [0.15, 0.2) is 85.3 Å². The van der Waals surface area contributed by atoms with E-state index in [9.17, 15) is 5.11 Å². The molecule has 416 valence electrons. The number of aliphatic hydroxyl groups is 1. The summed E-state index contributed by atoms with van der Waals surface area (Å²) in [6.45, 7) is 6.96. The Morgan fingerprint density at radius 3 is 2.16 bits per heavy atom. The standard InChI is InChI=1S/C61H61F4N13O3/c1-35-28-38(79)18-27-76(32-35)57-44-31-68-53(51(65)55(44)71-59(73-57)80-33-60-19-5-24-77(60)25-6-20-60)42-12-4-10-40-39(14-15-46(63)49(40)42)47-16-22-61(21-7-26-78(47)61)34-81-58-70-54-43(56(72-58)66-23-17-37-29-69-75-74-37)30-67-52(50(54)64)41-11-2-8-36-9-3-13-45(62)48(36)41/h2-4,8-15,29-31,35,38,47,79H,5-7,16-28,32-34H2,1H3,(H,66,70,72)(H,69,74,75). The SMILES string of the molecule is CC1CC(O)CCN(c2nc(OCC34CCCN3CCC4)nc3c(F)c(-c4cccc5c(C6CCC7(COc8nc(NCCc9c[nH]nn9)c9cnc(-c%10cccc%11cccc(F)c%10%11)c(F)c9n8)CCCN67)ccc(F)c45)ncc23)C1. The van der Waals surface area contributed by atoms with Crippen molar-refractivity contribution in [2.24, 2.45) is 5.92 Å². The van der Waals surface area contributed by atoms with Crippen molar-refractivity contribution in [3.63, 3.8) is 0 Å². The summed E-state index contributed by atoms with van der Waals surface area (Å²) in [5, 5.41) is 27.2. The van der Waals surface area contributed by atoms with E-state index in [1.54, 1.807) is 48.8 Å². The highest BCUT2D eigenvalue weighted by Crippen LogP contribution is 2.51. The van der Waals surface area contributed by atoms with Crippen LogP contribution in [0.4, 0.5) is 29.2 Å². The van der Waals surface area contributed by atoms with Crippen molar-refractivity contribution in [2.45, 2.75) is 101 Å². The predicted octanol–water partition coefficient (Wildman–Crippen LogP) is 10.7. The number of pyridine rings is 2. The fraction of sp³-hybridized carbons (Fsp3) is 0.410. The zero-order chi connectivity index (χ0) is 55.0. The number of rotatable bonds is 14. The molecule has 9 aromatic rings. The Kier molecular flexibility index (Phi) is 13.1. The Bertz CT molecular complexity index is 3880. The Hall–Kier alpha value is -7.68. The van der Waals surface area contributed by atoms with E-state index in [1.807, 2.05) is 18.2 Å². The summed E-state index contributed by atoms with van der Waals surface area (Å²) in [6, 6.07) is 18.5. The molecule has 0 spiro atoms. The van der Waals surface area contributed by atoms with Crippen LogP contribution in [-0.2, 0) is 6.42 Å². The maximum Gasteiger partial charge on any atom is 0.319 e. The normalized spacial score (nSPS) is 22.0. The molecular formula is C61H61F4N13O3. The lowest BCUT2D eigenvalue weighted by molar-refractivity contribution is 0.0849. The lowest BCUT2D eigenvalue weighted by atomic mass is 9.92. The zero-order valence-electron chi connectivity index (χ0n) is 44.9. The average molecular weight is 1100 g/mol. The van der Waals surface area contributed by atoms with Gasteiger partial charge in [0.25, 0.3) is 0 Å². The highest BCUT2D eigenvalue weighted by molar-refractivity contribution is 6.01. The van der Waals surface area contributed by atoms with E-state index in [1.165, 1.54) is 18.3 Å². The number of ether oxygens (including phenoxy) is 2. The maximum absolute atomic E-state index is 17.7. The van der Waals surface area contributed by atoms with Gasteiger partial charge in [-0.1, -0.05) is 66.7 Å². The van der Waals surface area contributed by atoms with Crippen LogP contribution in [0.3, 0.4) is 0 Å². The quantitative estimate of drug-likeness (QED) is 0.0875. The molecule has 0 bridgehead atoms. The largest absolute Gasteiger partial charge is 0.461 e. The minimum atomic E-state index is -0.742. The summed E-state index contributed by atoms with van der Waals surface area (Å²) < 4.78 is 80.0. The number of nitrogens with zero attached hydrogens (tertiary/aromatic N) is 11. The molecule has 4 aromatic carbocycles. The molecule has 5 saturated heterocycles. The molecule has 5 fully saturated rings. The van der Waals surface area contributed by atoms with Crippen LogP contribution in [0.2, 0.25) is 0 Å². The molecule has 4 atom stereocenters. The molecule has 5 aliphatic rings. The lowest BCUT2D eigenvalue weighted by Gasteiger charge is -2.35. The maximum atomic E-state index is 17.7. The number of hydrogen-bond donors (Lipinski definition) is 3. The topological polar surface area (TPSA) is 179 Å². The summed E-state index contributed by atoms with van der Waals surface area (Å²) in [5.41, 5.74) is 1.57. The van der Waals surface area contributed by atoms with E-state index in [0.717, 1.165) is 82.3 Å². The molecule has 81 heavy (non-hydrogen) atoms. The first-order valence-corrected chi connectivity index (χ1v) is 28.4. The van der Waals surface area contributed by atoms with Crippen molar-refractivity contribution in [3.05, 3.63) is 120 Å². The van der Waals surface area contributed by atoms with E-state index in [-0.39, 0.29) is 69.3 Å². The first kappa shape index (κ1) is 51.5. The summed E-state index contributed by atoms with van der Waals surface area (Å²) in [4.78, 5) is 35.5. The van der Waals surface area contributed by atoms with E-state index < -0.39 is 34.9 Å². The summed E-state index contributed by atoms with van der Waals surface area (Å²) in [7, 11) is 0. The molecule has 5 aromatic heterocycles. The van der Waals surface area contributed by atoms with Crippen molar-refractivity contribution in [3.8, 4) is 34.5 Å². The second kappa shape index (κ2) is 20.7. The second-order valence-electron chi connectivity index (χ2n) is 23.0. The zero-order valence-corrected chi connectivity index (χ0v) is 44.9. The number of nitrogens with one attached hydrogen (secondary N) is 2. The predicted molar refractivity (Wildman–Crippen MR) is 300 cm³/mol. The number of aliphatic hydroxyl groups excluding tert-OH is 1. The van der Waals surface area contributed by atoms with Crippen LogP contribution in [-0.4, -0.2) is 130 Å². The number of halogens is 4. The van der Waals surface area contributed by atoms with Crippen molar-refractivity contribution < 1.29 is 32.1 Å². The monoisotopic (exact) mass is 1100 g/mol. The lowest BCUT2D eigenvalue weighted by Crippen LogP contribution is -2.44. The Morgan fingerprint density at radius 1 is 0.704 bits per heavy atom. The highest BCUT2D eigenvalue weighted by Gasteiger charge is 2.51. The van der Waals surface area contributed by atoms with Crippen LogP contribution in [0, 0.1) is 29.2 Å². The average Bonchev–Trinajstić information content (AvgIpc) is 4.53. The molecule has 20 heteroatoms. The van der Waals surface area contributed by atoms with Crippen molar-refractivity contribution in [2.75, 3.05) is 62.7 Å². The number of aromatic nitrogens is 9. The van der Waals surface area contributed by atoms with Gasteiger partial charge in [0.05, 0.1) is 33.6 Å². The van der Waals surface area contributed by atoms with Gasteiger partial charge in [0.15, 0.2) is 11.6 Å². The van der Waals surface area contributed by atoms with Gasteiger partial charge < -0.3 is 24.8 Å². The third-order valence-corrected chi connectivity index (χ3v) is 18.1. The van der Waals surface area contributed by atoms with E-state index in [4.69, 9.17) is 34.4 Å². The molecule has 10 heterocycles. The van der Waals surface area contributed by atoms with Crippen LogP contribution in [0.25, 0.3) is 65.9 Å². The third kappa shape index (κ3) is 9.09. The number of H-pyrrole nitrogens is 1. The Labute approximate surface area is 464 Å². The number of anilines is 2. The molecule has 0 aliphatic carbocycles. The molecule has 5 aliphatic heterocycles. The van der Waals surface area contributed by atoms with Gasteiger partial charge in [-0.15, -0.1) is 5.10 Å². The summed E-state index contributed by atoms with van der Waals surface area (Å²) in [6.07, 6.45) is 13.4. The second-order valence-corrected chi connectivity index (χ2v) is 23.0. The van der Waals surface area contributed by atoms with Crippen LogP contribution in [0.5, 0.6) is 12.0 Å². The van der Waals surface area contributed by atoms with Gasteiger partial charge in [0.2, 0.25) is 0 Å². The summed E-state index contributed by atoms with van der Waals surface area (Å²) >= 11 is 0. The molecule has 4 unspecified atom stereocenters. The van der Waals surface area contributed by atoms with Crippen LogP contribution < -0.4 is 19.7 Å². The molecular weight excluding hydrogens is 1040 g/mol. The van der Waals surface area contributed by atoms with Crippen molar-refractivity contribution >= 4 is 55.0 Å². The first-order valence-electron chi connectivity index (χ1n) is 28.4. The van der Waals surface area contributed by atoms with E-state index in [0.29, 0.717) is 89.8 Å². The Morgan fingerprint density at radius 2 is 1.38 bits per heavy atom. The molecule has 0 amide bonds. The van der Waals surface area contributed by atoms with E-state index in [2.05, 4.69) is 47.3 Å². The van der Waals surface area contributed by atoms with Gasteiger partial charge in [-0.05, 0) is 118 Å². The third-order valence-electron chi connectivity index (χ3n) is 18.1. The highest BCUT2D eigenvalue weighted by atomic mass is 19.1. The van der Waals surface area contributed by atoms with Gasteiger partial charge in [0, 0.05) is 72.6 Å². The van der Waals surface area contributed by atoms with Crippen molar-refractivity contribution in [1.82, 2.24) is 55.1 Å². The molecule has 14 rings (SSSR count). The fourth-order valence-electron chi connectivity index (χ4n) is 14.3. The van der Waals surface area contributed by atoms with Gasteiger partial charge in [0.1, 0.15) is 58.9 Å². The van der Waals surface area contributed by atoms with Gasteiger partial charge in [-0.2, -0.15) is 19.9 Å². The number of fused-ring (bicyclic) bond motifs is 6. The number of hydrogen-bond acceptors (Lipinski definition) is 15. The van der Waals surface area contributed by atoms with Crippen LogP contribution in [0.1, 0.15) is 88.4 Å². The summed E-state index contributed by atoms with van der Waals surface area (Å²) in [5.74, 6) is -1.47. The fourth-order valence-corrected chi connectivity index (χ4v) is 14.3. The minimum Gasteiger partial charge on any atom is -0.461 e. The minimum absolute atomic E-state index is 0.0305. The smallest absolute Gasteiger partial charge is 0.319 e. The van der Waals surface area contributed by atoms with Gasteiger partial charge in [-0.3, -0.25) is 24.9 Å². The number of benzene rings is 4. The first-order chi connectivity index (χ1) is 39.5. The molecule has 0 saturated carbocycles. The number of aromatic amines is 1. The Balaban J connectivity index is 0.787. The van der Waals surface area contributed by atoms with Crippen molar-refractivity contribution in [1.29, 1.82) is 0 Å². The molecule has 16 nitrogen and oxygen atoms in total. The molecule has 3 N–H and O–H groups in total. The van der Waals surface area contributed by atoms with Gasteiger partial charge in [-0.25, -0.2) is 17.6 Å². The van der Waals surface area contributed by atoms with Gasteiger partial charge >= 0.3 is 12.0 Å².